The molecule has 0 bridgehead atoms. The fraction of sp³-hybridized carbons (Fsp3) is 0.933. The number of nitrogens with one attached hydrogen (secondary N) is 1. The van der Waals surface area contributed by atoms with E-state index in [9.17, 15) is 4.79 Å². The Morgan fingerprint density at radius 3 is 2.58 bits per heavy atom. The molecule has 3 N–H and O–H groups in total. The largest absolute Gasteiger partial charge is 0.368 e. The van der Waals surface area contributed by atoms with Crippen molar-refractivity contribution in [2.24, 2.45) is 11.7 Å². The van der Waals surface area contributed by atoms with Gasteiger partial charge in [-0.3, -0.25) is 9.69 Å². The van der Waals surface area contributed by atoms with Crippen LogP contribution in [-0.4, -0.2) is 42.5 Å². The molecule has 2 rings (SSSR count). The first kappa shape index (κ1) is 14.8. The molecule has 1 aliphatic heterocycles. The summed E-state index contributed by atoms with van der Waals surface area (Å²) in [4.78, 5) is 14.5. The van der Waals surface area contributed by atoms with E-state index in [0.29, 0.717) is 12.0 Å². The Morgan fingerprint density at radius 1 is 1.32 bits per heavy atom. The highest BCUT2D eigenvalue weighted by atomic mass is 16.1. The molecule has 1 saturated heterocycles. The van der Waals surface area contributed by atoms with Crippen LogP contribution in [0.25, 0.3) is 0 Å². The molecule has 1 saturated carbocycles. The minimum absolute atomic E-state index is 0.170. The molecule has 0 spiro atoms. The molecule has 1 amide bonds. The Labute approximate surface area is 117 Å². The molecule has 2 aliphatic rings. The van der Waals surface area contributed by atoms with Gasteiger partial charge in [-0.05, 0) is 51.6 Å². The lowest BCUT2D eigenvalue weighted by Gasteiger charge is -2.39. The predicted molar refractivity (Wildman–Crippen MR) is 77.8 cm³/mol. The van der Waals surface area contributed by atoms with Crippen LogP contribution in [-0.2, 0) is 4.79 Å². The highest BCUT2D eigenvalue weighted by Gasteiger charge is 2.50. The first-order chi connectivity index (χ1) is 9.14. The lowest BCUT2D eigenvalue weighted by Crippen LogP contribution is -2.63. The van der Waals surface area contributed by atoms with E-state index in [-0.39, 0.29) is 5.91 Å². The molecule has 1 heterocycles. The van der Waals surface area contributed by atoms with Crippen LogP contribution in [0.1, 0.15) is 51.9 Å². The van der Waals surface area contributed by atoms with Crippen molar-refractivity contribution >= 4 is 5.91 Å². The molecule has 2 atom stereocenters. The maximum atomic E-state index is 12.0. The second-order valence-electron chi connectivity index (χ2n) is 6.24. The molecule has 0 aromatic rings. The Balaban J connectivity index is 2.12. The normalized spacial score (nSPS) is 28.6. The highest BCUT2D eigenvalue weighted by Crippen LogP contribution is 2.40. The minimum atomic E-state index is -0.502. The third kappa shape index (κ3) is 3.11. The van der Waals surface area contributed by atoms with Crippen molar-refractivity contribution in [3.8, 4) is 0 Å². The van der Waals surface area contributed by atoms with Gasteiger partial charge < -0.3 is 11.1 Å². The first-order valence-corrected chi connectivity index (χ1v) is 7.87. The van der Waals surface area contributed by atoms with Gasteiger partial charge in [0.05, 0.1) is 0 Å². The van der Waals surface area contributed by atoms with Gasteiger partial charge in [0.15, 0.2) is 0 Å². The molecule has 19 heavy (non-hydrogen) atoms. The van der Waals surface area contributed by atoms with Crippen LogP contribution in [0.2, 0.25) is 0 Å². The summed E-state index contributed by atoms with van der Waals surface area (Å²) in [5, 5.41) is 3.27. The van der Waals surface area contributed by atoms with Crippen LogP contribution in [0.5, 0.6) is 0 Å². The van der Waals surface area contributed by atoms with Gasteiger partial charge in [0.2, 0.25) is 5.91 Å². The highest BCUT2D eigenvalue weighted by molar-refractivity contribution is 5.86. The quantitative estimate of drug-likeness (QED) is 0.766. The number of hydrogen-bond acceptors (Lipinski definition) is 3. The molecular weight excluding hydrogens is 238 g/mol. The topological polar surface area (TPSA) is 58.4 Å². The van der Waals surface area contributed by atoms with Gasteiger partial charge in [-0.15, -0.1) is 0 Å². The summed E-state index contributed by atoms with van der Waals surface area (Å²) >= 11 is 0. The molecule has 0 aromatic heterocycles. The standard InChI is InChI=1S/C15H29N3O/c1-3-13-7-5-4-6-10-18(13)11-15(17-2,14(16)19)12-8-9-12/h12-13,17H,3-11H2,1-2H3,(H2,16,19). The average molecular weight is 267 g/mol. The molecule has 4 heteroatoms. The summed E-state index contributed by atoms with van der Waals surface area (Å²) in [6.45, 7) is 4.16. The van der Waals surface area contributed by atoms with Crippen molar-refractivity contribution in [1.82, 2.24) is 10.2 Å². The van der Waals surface area contributed by atoms with Gasteiger partial charge >= 0.3 is 0 Å². The van der Waals surface area contributed by atoms with E-state index in [2.05, 4.69) is 17.1 Å². The fourth-order valence-electron chi connectivity index (χ4n) is 3.62. The molecule has 2 unspecified atom stereocenters. The molecule has 110 valence electrons. The van der Waals surface area contributed by atoms with Crippen molar-refractivity contribution < 1.29 is 4.79 Å². The summed E-state index contributed by atoms with van der Waals surface area (Å²) in [7, 11) is 1.89. The first-order valence-electron chi connectivity index (χ1n) is 7.87. The zero-order chi connectivity index (χ0) is 13.9. The summed E-state index contributed by atoms with van der Waals surface area (Å²) in [6, 6.07) is 0.619. The number of nitrogens with two attached hydrogens (primary N) is 1. The number of carbonyl (C=O) groups is 1. The van der Waals surface area contributed by atoms with E-state index < -0.39 is 5.54 Å². The average Bonchev–Trinajstić information content (AvgIpc) is 3.22. The van der Waals surface area contributed by atoms with E-state index >= 15 is 0 Å². The third-order valence-electron chi connectivity index (χ3n) is 5.08. The zero-order valence-corrected chi connectivity index (χ0v) is 12.5. The zero-order valence-electron chi connectivity index (χ0n) is 12.5. The SMILES string of the molecule is CCC1CCCCCN1CC(NC)(C(N)=O)C1CC1. The van der Waals surface area contributed by atoms with Crippen molar-refractivity contribution in [2.75, 3.05) is 20.1 Å². The van der Waals surface area contributed by atoms with E-state index in [0.717, 1.165) is 25.9 Å². The predicted octanol–water partition coefficient (Wildman–Crippen LogP) is 1.49. The maximum absolute atomic E-state index is 12.0. The van der Waals surface area contributed by atoms with E-state index in [4.69, 9.17) is 5.73 Å². The van der Waals surface area contributed by atoms with Crippen molar-refractivity contribution in [1.29, 1.82) is 0 Å². The van der Waals surface area contributed by atoms with E-state index in [1.54, 1.807) is 0 Å². The van der Waals surface area contributed by atoms with Gasteiger partial charge in [-0.25, -0.2) is 0 Å². The fourth-order valence-corrected chi connectivity index (χ4v) is 3.62. The second kappa shape index (κ2) is 6.23. The Morgan fingerprint density at radius 2 is 2.05 bits per heavy atom. The molecule has 1 aliphatic carbocycles. The van der Waals surface area contributed by atoms with Crippen LogP contribution in [0.3, 0.4) is 0 Å². The van der Waals surface area contributed by atoms with Gasteiger partial charge in [0, 0.05) is 12.6 Å². The molecule has 0 aromatic carbocycles. The maximum Gasteiger partial charge on any atom is 0.239 e. The summed E-state index contributed by atoms with van der Waals surface area (Å²) in [6.07, 6.45) is 8.59. The van der Waals surface area contributed by atoms with Crippen LogP contribution in [0, 0.1) is 5.92 Å². The monoisotopic (exact) mass is 267 g/mol. The Bertz CT molecular complexity index is 317. The Kier molecular flexibility index (Phi) is 4.85. The number of likely N-dealkylation sites (N-methyl/N-ethyl adjacent to an activating group) is 1. The van der Waals surface area contributed by atoms with Crippen LogP contribution in [0.4, 0.5) is 0 Å². The van der Waals surface area contributed by atoms with Gasteiger partial charge in [0.25, 0.3) is 0 Å². The lowest BCUT2D eigenvalue weighted by molar-refractivity contribution is -0.126. The van der Waals surface area contributed by atoms with Gasteiger partial charge in [0.1, 0.15) is 5.54 Å². The number of nitrogens with zero attached hydrogens (tertiary/aromatic N) is 1. The second-order valence-corrected chi connectivity index (χ2v) is 6.24. The number of likely N-dealkylation sites (tertiary alicyclic amines) is 1. The summed E-state index contributed by atoms with van der Waals surface area (Å²) < 4.78 is 0. The summed E-state index contributed by atoms with van der Waals surface area (Å²) in [5.74, 6) is 0.271. The van der Waals surface area contributed by atoms with Crippen molar-refractivity contribution in [3.63, 3.8) is 0 Å². The van der Waals surface area contributed by atoms with Crippen LogP contribution >= 0.6 is 0 Å². The number of hydrogen-bond donors (Lipinski definition) is 2. The summed E-state index contributed by atoms with van der Waals surface area (Å²) in [5.41, 5.74) is 5.24. The van der Waals surface area contributed by atoms with Gasteiger partial charge in [-0.2, -0.15) is 0 Å². The van der Waals surface area contributed by atoms with Gasteiger partial charge in [-0.1, -0.05) is 19.8 Å². The van der Waals surface area contributed by atoms with Crippen molar-refractivity contribution in [2.45, 2.75) is 63.5 Å². The number of primary amides is 1. The smallest absolute Gasteiger partial charge is 0.239 e. The van der Waals surface area contributed by atoms with E-state index in [1.165, 1.54) is 32.1 Å². The third-order valence-corrected chi connectivity index (χ3v) is 5.08. The van der Waals surface area contributed by atoms with Crippen LogP contribution < -0.4 is 11.1 Å². The van der Waals surface area contributed by atoms with Crippen molar-refractivity contribution in [3.05, 3.63) is 0 Å². The number of amides is 1. The Hall–Kier alpha value is -0.610. The molecular formula is C15H29N3O. The number of carbonyl (C=O) groups excluding carboxylic acids is 1. The van der Waals surface area contributed by atoms with E-state index in [1.807, 2.05) is 7.05 Å². The molecule has 4 nitrogen and oxygen atoms in total. The molecule has 2 fully saturated rings. The lowest BCUT2D eigenvalue weighted by atomic mass is 9.90. The number of rotatable bonds is 6. The van der Waals surface area contributed by atoms with Crippen LogP contribution in [0.15, 0.2) is 0 Å². The minimum Gasteiger partial charge on any atom is -0.368 e. The molecule has 0 radical (unpaired) electrons.